The number of hydrogen-bond donors (Lipinski definition) is 2. The average molecular weight is 500 g/mol. The van der Waals surface area contributed by atoms with Crippen molar-refractivity contribution in [2.75, 3.05) is 6.54 Å². The molecule has 4 nitrogen and oxygen atoms in total. The first-order chi connectivity index (χ1) is 16.4. The molecular weight excluding hydrogens is 474 g/mol. The van der Waals surface area contributed by atoms with Crippen molar-refractivity contribution in [3.8, 4) is 0 Å². The number of carbonyl (C=O) groups excluding carboxylic acids is 2. The first-order valence-corrected chi connectivity index (χ1v) is 11.3. The van der Waals surface area contributed by atoms with Gasteiger partial charge in [0.25, 0.3) is 5.91 Å². The van der Waals surface area contributed by atoms with Crippen molar-refractivity contribution in [1.82, 2.24) is 10.6 Å². The summed E-state index contributed by atoms with van der Waals surface area (Å²) >= 11 is 0. The van der Waals surface area contributed by atoms with Crippen molar-refractivity contribution in [1.29, 1.82) is 0 Å². The lowest BCUT2D eigenvalue weighted by Crippen LogP contribution is -2.46. The lowest BCUT2D eigenvalue weighted by Gasteiger charge is -2.32. The summed E-state index contributed by atoms with van der Waals surface area (Å²) < 4.78 is 76.7. The molecule has 0 spiro atoms. The third-order valence-electron chi connectivity index (χ3n) is 6.20. The van der Waals surface area contributed by atoms with Crippen LogP contribution in [-0.2, 0) is 23.6 Å². The number of hydrogen-bond acceptors (Lipinski definition) is 2. The largest absolute Gasteiger partial charge is 0.416 e. The van der Waals surface area contributed by atoms with E-state index in [0.717, 1.165) is 61.6 Å². The van der Waals surface area contributed by atoms with Crippen LogP contribution in [0.2, 0.25) is 0 Å². The van der Waals surface area contributed by atoms with E-state index >= 15 is 0 Å². The van der Waals surface area contributed by atoms with Gasteiger partial charge in [-0.2, -0.15) is 26.3 Å². The summed E-state index contributed by atoms with van der Waals surface area (Å²) in [6, 6.07) is 8.84. The number of aryl methyl sites for hydroxylation is 1. The average Bonchev–Trinajstić information content (AvgIpc) is 2.81. The van der Waals surface area contributed by atoms with E-state index in [9.17, 15) is 35.9 Å². The Bertz CT molecular complexity index is 1020. The molecule has 1 aliphatic carbocycles. The predicted octanol–water partition coefficient (Wildman–Crippen LogP) is 5.76. The van der Waals surface area contributed by atoms with Gasteiger partial charge in [-0.05, 0) is 67.5 Å². The zero-order valence-corrected chi connectivity index (χ0v) is 18.8. The molecular formula is C25H26F6N2O2. The number of alkyl halides is 6. The van der Waals surface area contributed by atoms with Crippen LogP contribution in [0.1, 0.15) is 59.2 Å². The van der Waals surface area contributed by atoms with Gasteiger partial charge >= 0.3 is 12.4 Å². The molecule has 2 amide bonds. The maximum Gasteiger partial charge on any atom is 0.416 e. The Morgan fingerprint density at radius 3 is 2.17 bits per heavy atom. The maximum atomic E-state index is 12.8. The SMILES string of the molecule is O=C(CNC(=O)c1cccc(C(F)(F)F)c1)N[C@H]1CCCC[C@H]1CCc1ccc(C(F)(F)F)cc1. The van der Waals surface area contributed by atoms with Gasteiger partial charge in [-0.15, -0.1) is 0 Å². The second kappa shape index (κ2) is 11.1. The number of nitrogens with one attached hydrogen (secondary N) is 2. The van der Waals surface area contributed by atoms with Crippen LogP contribution >= 0.6 is 0 Å². The topological polar surface area (TPSA) is 58.2 Å². The monoisotopic (exact) mass is 500 g/mol. The Kier molecular flexibility index (Phi) is 8.45. The van der Waals surface area contributed by atoms with Gasteiger partial charge in [-0.3, -0.25) is 9.59 Å². The van der Waals surface area contributed by atoms with E-state index in [-0.39, 0.29) is 24.1 Å². The summed E-state index contributed by atoms with van der Waals surface area (Å²) in [6.07, 6.45) is -4.20. The predicted molar refractivity (Wildman–Crippen MR) is 117 cm³/mol. The van der Waals surface area contributed by atoms with E-state index < -0.39 is 35.3 Å². The third-order valence-corrected chi connectivity index (χ3v) is 6.20. The Balaban J connectivity index is 1.50. The van der Waals surface area contributed by atoms with Crippen molar-refractivity contribution in [2.45, 2.75) is 56.9 Å². The van der Waals surface area contributed by atoms with Crippen LogP contribution in [0.25, 0.3) is 0 Å². The molecule has 0 radical (unpaired) electrons. The fraction of sp³-hybridized carbons (Fsp3) is 0.440. The summed E-state index contributed by atoms with van der Waals surface area (Å²) in [4.78, 5) is 24.6. The van der Waals surface area contributed by atoms with Crippen LogP contribution in [-0.4, -0.2) is 24.4 Å². The van der Waals surface area contributed by atoms with Crippen LogP contribution in [0.5, 0.6) is 0 Å². The fourth-order valence-electron chi connectivity index (χ4n) is 4.31. The van der Waals surface area contributed by atoms with Gasteiger partial charge < -0.3 is 10.6 Å². The fourth-order valence-corrected chi connectivity index (χ4v) is 4.31. The van der Waals surface area contributed by atoms with Crippen molar-refractivity contribution in [3.63, 3.8) is 0 Å². The molecule has 3 rings (SSSR count). The first kappa shape index (κ1) is 26.6. The number of rotatable bonds is 7. The molecule has 10 heteroatoms. The smallest absolute Gasteiger partial charge is 0.352 e. The molecule has 0 bridgehead atoms. The molecule has 0 aliphatic heterocycles. The van der Waals surface area contributed by atoms with Crippen LogP contribution in [0.4, 0.5) is 26.3 Å². The Hall–Kier alpha value is -3.04. The summed E-state index contributed by atoms with van der Waals surface area (Å²) in [5, 5.41) is 5.24. The molecule has 1 aliphatic rings. The highest BCUT2D eigenvalue weighted by atomic mass is 19.4. The highest BCUT2D eigenvalue weighted by Gasteiger charge is 2.32. The Morgan fingerprint density at radius 1 is 0.857 bits per heavy atom. The lowest BCUT2D eigenvalue weighted by atomic mass is 9.81. The second-order valence-corrected chi connectivity index (χ2v) is 8.71. The molecule has 35 heavy (non-hydrogen) atoms. The second-order valence-electron chi connectivity index (χ2n) is 8.71. The molecule has 2 N–H and O–H groups in total. The molecule has 0 heterocycles. The van der Waals surface area contributed by atoms with Gasteiger partial charge in [0.1, 0.15) is 0 Å². The van der Waals surface area contributed by atoms with E-state index in [1.165, 1.54) is 18.2 Å². The Labute approximate surface area is 199 Å². The molecule has 0 saturated heterocycles. The minimum absolute atomic E-state index is 0.133. The van der Waals surface area contributed by atoms with Crippen molar-refractivity contribution in [2.24, 2.45) is 5.92 Å². The van der Waals surface area contributed by atoms with E-state index in [2.05, 4.69) is 10.6 Å². The highest BCUT2D eigenvalue weighted by Crippen LogP contribution is 2.31. The number of halogens is 6. The van der Waals surface area contributed by atoms with Crippen LogP contribution in [0, 0.1) is 5.92 Å². The van der Waals surface area contributed by atoms with Crippen molar-refractivity contribution < 1.29 is 35.9 Å². The zero-order chi connectivity index (χ0) is 25.6. The van der Waals surface area contributed by atoms with E-state index in [1.54, 1.807) is 0 Å². The van der Waals surface area contributed by atoms with Crippen LogP contribution < -0.4 is 10.6 Å². The molecule has 1 fully saturated rings. The van der Waals surface area contributed by atoms with Gasteiger partial charge in [0.2, 0.25) is 5.91 Å². The number of benzene rings is 2. The van der Waals surface area contributed by atoms with Gasteiger partial charge in [-0.1, -0.05) is 31.0 Å². The normalized spacial score (nSPS) is 18.7. The van der Waals surface area contributed by atoms with Gasteiger partial charge in [0.15, 0.2) is 0 Å². The first-order valence-electron chi connectivity index (χ1n) is 11.3. The van der Waals surface area contributed by atoms with Gasteiger partial charge in [-0.25, -0.2) is 0 Å². The van der Waals surface area contributed by atoms with Crippen LogP contribution in [0.15, 0.2) is 48.5 Å². The van der Waals surface area contributed by atoms with Gasteiger partial charge in [0, 0.05) is 11.6 Å². The Morgan fingerprint density at radius 2 is 1.51 bits per heavy atom. The molecule has 2 aromatic rings. The molecule has 190 valence electrons. The molecule has 0 unspecified atom stereocenters. The highest BCUT2D eigenvalue weighted by molar-refractivity contribution is 5.96. The number of amides is 2. The maximum absolute atomic E-state index is 12.8. The summed E-state index contributed by atoms with van der Waals surface area (Å²) in [5.41, 5.74) is -1.06. The summed E-state index contributed by atoms with van der Waals surface area (Å²) in [5.74, 6) is -1.10. The summed E-state index contributed by atoms with van der Waals surface area (Å²) in [6.45, 7) is -0.378. The van der Waals surface area contributed by atoms with Gasteiger partial charge in [0.05, 0.1) is 17.7 Å². The minimum atomic E-state index is -4.58. The van der Waals surface area contributed by atoms with Crippen LogP contribution in [0.3, 0.4) is 0 Å². The third kappa shape index (κ3) is 7.73. The molecule has 1 saturated carbocycles. The standard InChI is InChI=1S/C25H26F6N2O2/c26-24(27,28)19-12-9-16(10-13-19)8-11-17-4-1-2-7-21(17)33-22(34)15-32-23(35)18-5-3-6-20(14-18)25(29,30)31/h3,5-6,9-10,12-14,17,21H,1-2,4,7-8,11,15H2,(H,32,35)(H,33,34)/t17-,21-/m0/s1. The minimum Gasteiger partial charge on any atom is -0.352 e. The number of carbonyl (C=O) groups is 2. The zero-order valence-electron chi connectivity index (χ0n) is 18.8. The van der Waals surface area contributed by atoms with Crippen molar-refractivity contribution >= 4 is 11.8 Å². The molecule has 0 aromatic heterocycles. The van der Waals surface area contributed by atoms with Crippen molar-refractivity contribution in [3.05, 3.63) is 70.8 Å². The molecule has 2 atom stereocenters. The lowest BCUT2D eigenvalue weighted by molar-refractivity contribution is -0.138. The quantitative estimate of drug-likeness (QED) is 0.475. The molecule has 2 aromatic carbocycles. The van der Waals surface area contributed by atoms with E-state index in [4.69, 9.17) is 0 Å². The summed E-state index contributed by atoms with van der Waals surface area (Å²) in [7, 11) is 0. The van der Waals surface area contributed by atoms with E-state index in [1.807, 2.05) is 0 Å². The van der Waals surface area contributed by atoms with E-state index in [0.29, 0.717) is 12.8 Å².